The number of piperidine rings is 1. The monoisotopic (exact) mass is 275 g/mol. The first-order chi connectivity index (χ1) is 9.78. The van der Waals surface area contributed by atoms with Crippen molar-refractivity contribution in [1.82, 2.24) is 15.2 Å². The summed E-state index contributed by atoms with van der Waals surface area (Å²) in [5.41, 5.74) is 1.15. The SMILES string of the molecule is COc1cccc(C2C(CNC3CC3)CCCN2C)n1. The van der Waals surface area contributed by atoms with E-state index in [-0.39, 0.29) is 0 Å². The van der Waals surface area contributed by atoms with Crippen molar-refractivity contribution in [2.45, 2.75) is 37.8 Å². The van der Waals surface area contributed by atoms with E-state index in [4.69, 9.17) is 4.74 Å². The Bertz CT molecular complexity index is 447. The van der Waals surface area contributed by atoms with Crippen LogP contribution in [0.25, 0.3) is 0 Å². The largest absolute Gasteiger partial charge is 0.481 e. The first-order valence-corrected chi connectivity index (χ1v) is 7.72. The van der Waals surface area contributed by atoms with E-state index >= 15 is 0 Å². The summed E-state index contributed by atoms with van der Waals surface area (Å²) in [7, 11) is 3.90. The smallest absolute Gasteiger partial charge is 0.213 e. The van der Waals surface area contributed by atoms with E-state index in [0.29, 0.717) is 12.0 Å². The summed E-state index contributed by atoms with van der Waals surface area (Å²) in [6.07, 6.45) is 5.27. The molecule has 0 radical (unpaired) electrons. The number of hydrogen-bond donors (Lipinski definition) is 1. The van der Waals surface area contributed by atoms with Crippen molar-refractivity contribution in [2.75, 3.05) is 27.2 Å². The summed E-state index contributed by atoms with van der Waals surface area (Å²) in [6.45, 7) is 2.27. The Morgan fingerprint density at radius 2 is 2.20 bits per heavy atom. The van der Waals surface area contributed by atoms with Crippen LogP contribution in [-0.2, 0) is 0 Å². The number of ether oxygens (including phenoxy) is 1. The number of pyridine rings is 1. The van der Waals surface area contributed by atoms with Gasteiger partial charge in [-0.2, -0.15) is 0 Å². The Labute approximate surface area is 121 Å². The van der Waals surface area contributed by atoms with Gasteiger partial charge in [-0.25, -0.2) is 4.98 Å². The Morgan fingerprint density at radius 1 is 1.35 bits per heavy atom. The van der Waals surface area contributed by atoms with Gasteiger partial charge in [0, 0.05) is 18.7 Å². The Morgan fingerprint density at radius 3 is 2.95 bits per heavy atom. The third-order valence-electron chi connectivity index (χ3n) is 4.51. The van der Waals surface area contributed by atoms with Gasteiger partial charge >= 0.3 is 0 Å². The fourth-order valence-corrected chi connectivity index (χ4v) is 3.26. The lowest BCUT2D eigenvalue weighted by molar-refractivity contribution is 0.115. The van der Waals surface area contributed by atoms with E-state index in [0.717, 1.165) is 30.7 Å². The summed E-state index contributed by atoms with van der Waals surface area (Å²) in [4.78, 5) is 7.12. The van der Waals surface area contributed by atoms with Crippen LogP contribution in [0.2, 0.25) is 0 Å². The highest BCUT2D eigenvalue weighted by atomic mass is 16.5. The molecule has 0 spiro atoms. The molecule has 1 aromatic heterocycles. The second kappa shape index (κ2) is 6.10. The van der Waals surface area contributed by atoms with Crippen molar-refractivity contribution >= 4 is 0 Å². The molecule has 2 fully saturated rings. The number of nitrogens with zero attached hydrogens (tertiary/aromatic N) is 2. The van der Waals surface area contributed by atoms with Gasteiger partial charge < -0.3 is 10.1 Å². The summed E-state index contributed by atoms with van der Waals surface area (Å²) in [5.74, 6) is 1.37. The summed E-state index contributed by atoms with van der Waals surface area (Å²) < 4.78 is 5.28. The zero-order valence-electron chi connectivity index (χ0n) is 12.5. The van der Waals surface area contributed by atoms with Gasteiger partial charge in [0.15, 0.2) is 0 Å². The van der Waals surface area contributed by atoms with Crippen molar-refractivity contribution in [1.29, 1.82) is 0 Å². The second-order valence-electron chi connectivity index (χ2n) is 6.12. The Balaban J connectivity index is 1.76. The lowest BCUT2D eigenvalue weighted by atomic mass is 9.87. The van der Waals surface area contributed by atoms with E-state index in [9.17, 15) is 0 Å². The third kappa shape index (κ3) is 3.13. The minimum Gasteiger partial charge on any atom is -0.481 e. The van der Waals surface area contributed by atoms with Gasteiger partial charge in [-0.05, 0) is 51.3 Å². The minimum atomic E-state index is 0.407. The molecule has 1 saturated heterocycles. The van der Waals surface area contributed by atoms with Crippen LogP contribution in [0.5, 0.6) is 5.88 Å². The van der Waals surface area contributed by atoms with Crippen LogP contribution in [0.15, 0.2) is 18.2 Å². The highest BCUT2D eigenvalue weighted by Crippen LogP contribution is 2.35. The molecule has 2 aliphatic rings. The van der Waals surface area contributed by atoms with Crippen LogP contribution in [0.4, 0.5) is 0 Å². The third-order valence-corrected chi connectivity index (χ3v) is 4.51. The number of aromatic nitrogens is 1. The van der Waals surface area contributed by atoms with E-state index in [2.05, 4.69) is 34.4 Å². The zero-order chi connectivity index (χ0) is 13.9. The molecule has 2 atom stereocenters. The molecule has 1 aliphatic heterocycles. The predicted octanol–water partition coefficient (Wildman–Crippen LogP) is 2.23. The first kappa shape index (κ1) is 13.8. The standard InChI is InChI=1S/C16H25N3O/c1-19-10-4-5-12(11-17-13-8-9-13)16(19)14-6-3-7-15(18-14)20-2/h3,6-7,12-13,16-17H,4-5,8-11H2,1-2H3. The van der Waals surface area contributed by atoms with Gasteiger partial charge in [0.05, 0.1) is 18.8 Å². The van der Waals surface area contributed by atoms with Gasteiger partial charge in [-0.1, -0.05) is 6.07 Å². The lowest BCUT2D eigenvalue weighted by Crippen LogP contribution is -2.41. The van der Waals surface area contributed by atoms with Crippen molar-refractivity contribution in [3.8, 4) is 5.88 Å². The van der Waals surface area contributed by atoms with Crippen LogP contribution in [0.1, 0.15) is 37.4 Å². The Hall–Kier alpha value is -1.13. The van der Waals surface area contributed by atoms with E-state index in [1.807, 2.05) is 6.07 Å². The molecular formula is C16H25N3O. The number of nitrogens with one attached hydrogen (secondary N) is 1. The lowest BCUT2D eigenvalue weighted by Gasteiger charge is -2.39. The summed E-state index contributed by atoms with van der Waals surface area (Å²) in [5, 5.41) is 3.69. The maximum Gasteiger partial charge on any atom is 0.213 e. The second-order valence-corrected chi connectivity index (χ2v) is 6.12. The molecule has 0 bridgehead atoms. The molecule has 4 nitrogen and oxygen atoms in total. The van der Waals surface area contributed by atoms with E-state index in [1.165, 1.54) is 25.7 Å². The van der Waals surface area contributed by atoms with Crippen molar-refractivity contribution in [3.05, 3.63) is 23.9 Å². The van der Waals surface area contributed by atoms with Gasteiger partial charge in [0.2, 0.25) is 5.88 Å². The topological polar surface area (TPSA) is 37.4 Å². The van der Waals surface area contributed by atoms with Crippen LogP contribution in [0.3, 0.4) is 0 Å². The number of methoxy groups -OCH3 is 1. The molecule has 1 saturated carbocycles. The van der Waals surface area contributed by atoms with Crippen LogP contribution >= 0.6 is 0 Å². The number of likely N-dealkylation sites (tertiary alicyclic amines) is 1. The maximum absolute atomic E-state index is 5.28. The number of rotatable bonds is 5. The fourth-order valence-electron chi connectivity index (χ4n) is 3.26. The summed E-state index contributed by atoms with van der Waals surface area (Å²) >= 11 is 0. The predicted molar refractivity (Wildman–Crippen MR) is 79.9 cm³/mol. The number of hydrogen-bond acceptors (Lipinski definition) is 4. The van der Waals surface area contributed by atoms with E-state index in [1.54, 1.807) is 7.11 Å². The molecule has 2 heterocycles. The molecule has 1 aromatic rings. The van der Waals surface area contributed by atoms with Gasteiger partial charge in [0.25, 0.3) is 0 Å². The molecule has 4 heteroatoms. The van der Waals surface area contributed by atoms with Crippen molar-refractivity contribution < 1.29 is 4.74 Å². The highest BCUT2D eigenvalue weighted by Gasteiger charge is 2.33. The normalized spacial score (nSPS) is 27.5. The van der Waals surface area contributed by atoms with Gasteiger partial charge in [-0.3, -0.25) is 4.90 Å². The van der Waals surface area contributed by atoms with Crippen LogP contribution < -0.4 is 10.1 Å². The quantitative estimate of drug-likeness (QED) is 0.894. The van der Waals surface area contributed by atoms with Crippen LogP contribution in [-0.4, -0.2) is 43.2 Å². The molecule has 0 aromatic carbocycles. The molecule has 2 unspecified atom stereocenters. The molecule has 20 heavy (non-hydrogen) atoms. The average Bonchev–Trinajstić information content (AvgIpc) is 3.29. The van der Waals surface area contributed by atoms with E-state index < -0.39 is 0 Å². The molecule has 1 aliphatic carbocycles. The molecule has 0 amide bonds. The molecule has 3 rings (SSSR count). The highest BCUT2D eigenvalue weighted by molar-refractivity contribution is 5.19. The zero-order valence-corrected chi connectivity index (χ0v) is 12.5. The first-order valence-electron chi connectivity index (χ1n) is 7.72. The van der Waals surface area contributed by atoms with Crippen molar-refractivity contribution in [2.24, 2.45) is 5.92 Å². The molecular weight excluding hydrogens is 250 g/mol. The van der Waals surface area contributed by atoms with Crippen molar-refractivity contribution in [3.63, 3.8) is 0 Å². The maximum atomic E-state index is 5.28. The van der Waals surface area contributed by atoms with Crippen LogP contribution in [0, 0.1) is 5.92 Å². The van der Waals surface area contributed by atoms with Gasteiger partial charge in [0.1, 0.15) is 0 Å². The average molecular weight is 275 g/mol. The Kier molecular flexibility index (Phi) is 4.22. The van der Waals surface area contributed by atoms with Gasteiger partial charge in [-0.15, -0.1) is 0 Å². The summed E-state index contributed by atoms with van der Waals surface area (Å²) in [6, 6.07) is 7.30. The fraction of sp³-hybridized carbons (Fsp3) is 0.688. The molecule has 1 N–H and O–H groups in total. The minimum absolute atomic E-state index is 0.407. The molecule has 110 valence electrons.